The highest BCUT2D eigenvalue weighted by Gasteiger charge is 2.24. The van der Waals surface area contributed by atoms with Gasteiger partial charge in [0.25, 0.3) is 0 Å². The molecule has 0 N–H and O–H groups in total. The summed E-state index contributed by atoms with van der Waals surface area (Å²) in [6.45, 7) is 3.31. The van der Waals surface area contributed by atoms with E-state index < -0.39 is 6.16 Å². The van der Waals surface area contributed by atoms with Crippen LogP contribution in [0, 0.1) is 0 Å². The molecule has 0 radical (unpaired) electrons. The standard InChI is InChI=1S/C34H33BrN2O6S/c1-5-42-34(39)43-29-21-37(19-24-11-7-9-13-28(24)41-4)33-30(31(29)38)26(20-36(2)18-23-10-6-8-12-27(23)35)32(44-33)22-14-16-25(40-3)17-15-22/h6-17,21H,5,18-20H2,1-4H3. The molecule has 0 saturated heterocycles. The molecule has 2 heterocycles. The van der Waals surface area contributed by atoms with Gasteiger partial charge in [0.15, 0.2) is 5.75 Å². The predicted molar refractivity (Wildman–Crippen MR) is 177 cm³/mol. The van der Waals surface area contributed by atoms with Gasteiger partial charge in [-0.15, -0.1) is 11.3 Å². The zero-order valence-corrected chi connectivity index (χ0v) is 27.4. The second kappa shape index (κ2) is 14.1. The number of halogens is 1. The Balaban J connectivity index is 1.71. The lowest BCUT2D eigenvalue weighted by molar-refractivity contribution is 0.104. The number of hydrogen-bond donors (Lipinski definition) is 0. The SMILES string of the molecule is CCOC(=O)Oc1cn(Cc2ccccc2OC)c2sc(-c3ccc(OC)cc3)c(CN(C)Cc3ccccc3Br)c2c1=O. The third-order valence-corrected chi connectivity index (χ3v) is 9.23. The normalized spacial score (nSPS) is 11.1. The van der Waals surface area contributed by atoms with Crippen LogP contribution in [-0.2, 0) is 24.4 Å². The highest BCUT2D eigenvalue weighted by molar-refractivity contribution is 9.10. The number of para-hydroxylation sites is 1. The summed E-state index contributed by atoms with van der Waals surface area (Å²) in [6.07, 6.45) is 0.655. The van der Waals surface area contributed by atoms with E-state index in [1.54, 1.807) is 27.3 Å². The summed E-state index contributed by atoms with van der Waals surface area (Å²) < 4.78 is 24.5. The average molecular weight is 678 g/mol. The van der Waals surface area contributed by atoms with E-state index >= 15 is 0 Å². The molecule has 44 heavy (non-hydrogen) atoms. The molecule has 0 aliphatic heterocycles. The maximum atomic E-state index is 14.1. The maximum absolute atomic E-state index is 14.1. The number of hydrogen-bond acceptors (Lipinski definition) is 8. The van der Waals surface area contributed by atoms with Gasteiger partial charge in [0, 0.05) is 28.0 Å². The number of benzene rings is 3. The van der Waals surface area contributed by atoms with E-state index in [0.29, 0.717) is 30.8 Å². The van der Waals surface area contributed by atoms with Crippen molar-refractivity contribution >= 4 is 43.6 Å². The molecule has 5 rings (SSSR count). The van der Waals surface area contributed by atoms with E-state index in [0.717, 1.165) is 42.2 Å². The van der Waals surface area contributed by atoms with Gasteiger partial charge in [-0.25, -0.2) is 4.79 Å². The molecule has 0 aliphatic carbocycles. The van der Waals surface area contributed by atoms with Crippen LogP contribution in [-0.4, -0.2) is 43.5 Å². The highest BCUT2D eigenvalue weighted by atomic mass is 79.9. The summed E-state index contributed by atoms with van der Waals surface area (Å²) >= 11 is 5.18. The summed E-state index contributed by atoms with van der Waals surface area (Å²) in [5.41, 5.74) is 3.46. The van der Waals surface area contributed by atoms with Crippen LogP contribution in [0.25, 0.3) is 20.7 Å². The fourth-order valence-electron chi connectivity index (χ4n) is 5.08. The van der Waals surface area contributed by atoms with Crippen molar-refractivity contribution in [3.8, 4) is 27.7 Å². The minimum Gasteiger partial charge on any atom is -0.497 e. The number of nitrogens with zero attached hydrogens (tertiary/aromatic N) is 2. The summed E-state index contributed by atoms with van der Waals surface area (Å²) in [6, 6.07) is 23.6. The van der Waals surface area contributed by atoms with Gasteiger partial charge < -0.3 is 23.5 Å². The van der Waals surface area contributed by atoms with Crippen LogP contribution < -0.4 is 19.6 Å². The number of aromatic nitrogens is 1. The smallest absolute Gasteiger partial charge is 0.497 e. The van der Waals surface area contributed by atoms with E-state index in [-0.39, 0.29) is 17.8 Å². The second-order valence-electron chi connectivity index (χ2n) is 10.1. The Morgan fingerprint density at radius 3 is 2.30 bits per heavy atom. The molecule has 0 bridgehead atoms. The number of carbonyl (C=O) groups is 1. The Kier molecular flexibility index (Phi) is 10.0. The van der Waals surface area contributed by atoms with Crippen LogP contribution in [0.15, 0.2) is 88.3 Å². The van der Waals surface area contributed by atoms with Gasteiger partial charge in [-0.2, -0.15) is 0 Å². The van der Waals surface area contributed by atoms with Gasteiger partial charge in [-0.3, -0.25) is 9.69 Å². The van der Waals surface area contributed by atoms with Crippen molar-refractivity contribution in [2.24, 2.45) is 0 Å². The number of pyridine rings is 1. The van der Waals surface area contributed by atoms with E-state index in [4.69, 9.17) is 18.9 Å². The summed E-state index contributed by atoms with van der Waals surface area (Å²) in [7, 11) is 5.28. The molecule has 2 aromatic heterocycles. The first-order chi connectivity index (χ1) is 21.3. The van der Waals surface area contributed by atoms with Crippen LogP contribution in [0.1, 0.15) is 23.6 Å². The van der Waals surface area contributed by atoms with Gasteiger partial charge in [0.1, 0.15) is 16.3 Å². The molecule has 10 heteroatoms. The highest BCUT2D eigenvalue weighted by Crippen LogP contribution is 2.40. The fraction of sp³-hybridized carbons (Fsp3) is 0.235. The molecule has 0 fully saturated rings. The molecule has 5 aromatic rings. The molecule has 0 amide bonds. The van der Waals surface area contributed by atoms with Crippen molar-refractivity contribution in [1.82, 2.24) is 9.47 Å². The number of thiophene rings is 1. The zero-order chi connectivity index (χ0) is 31.2. The first-order valence-corrected chi connectivity index (χ1v) is 15.7. The Morgan fingerprint density at radius 1 is 0.909 bits per heavy atom. The van der Waals surface area contributed by atoms with E-state index in [9.17, 15) is 9.59 Å². The Hall–Kier alpha value is -4.12. The molecule has 228 valence electrons. The quantitative estimate of drug-likeness (QED) is 0.133. The van der Waals surface area contributed by atoms with Crippen LogP contribution in [0.3, 0.4) is 0 Å². The molecule has 8 nitrogen and oxygen atoms in total. The number of rotatable bonds is 11. The summed E-state index contributed by atoms with van der Waals surface area (Å²) in [5, 5.41) is 0.497. The van der Waals surface area contributed by atoms with Crippen LogP contribution in [0.5, 0.6) is 17.2 Å². The third kappa shape index (κ3) is 6.83. The first kappa shape index (κ1) is 31.3. The van der Waals surface area contributed by atoms with Crippen LogP contribution >= 0.6 is 27.3 Å². The predicted octanol–water partition coefficient (Wildman–Crippen LogP) is 7.73. The molecule has 0 atom stereocenters. The monoisotopic (exact) mass is 676 g/mol. The number of ether oxygens (including phenoxy) is 4. The summed E-state index contributed by atoms with van der Waals surface area (Å²) in [4.78, 5) is 30.4. The minimum atomic E-state index is -0.925. The molecule has 3 aromatic carbocycles. The minimum absolute atomic E-state index is 0.0976. The average Bonchev–Trinajstić information content (AvgIpc) is 3.40. The van der Waals surface area contributed by atoms with Crippen molar-refractivity contribution < 1.29 is 23.7 Å². The van der Waals surface area contributed by atoms with Gasteiger partial charge in [-0.05, 0) is 67.1 Å². The van der Waals surface area contributed by atoms with Crippen LogP contribution in [0.4, 0.5) is 4.79 Å². The van der Waals surface area contributed by atoms with Gasteiger partial charge in [0.05, 0.1) is 39.0 Å². The Bertz CT molecular complexity index is 1830. The topological polar surface area (TPSA) is 79.2 Å². The maximum Gasteiger partial charge on any atom is 0.514 e. The van der Waals surface area contributed by atoms with Crippen molar-refractivity contribution in [1.29, 1.82) is 0 Å². The lowest BCUT2D eigenvalue weighted by Crippen LogP contribution is -2.21. The molecule has 0 aliphatic rings. The van der Waals surface area contributed by atoms with Crippen molar-refractivity contribution in [3.05, 3.63) is 110 Å². The summed E-state index contributed by atoms with van der Waals surface area (Å²) in [5.74, 6) is 1.36. The van der Waals surface area contributed by atoms with Crippen molar-refractivity contribution in [3.63, 3.8) is 0 Å². The molecule has 0 saturated carbocycles. The van der Waals surface area contributed by atoms with Crippen LogP contribution in [0.2, 0.25) is 0 Å². The Morgan fingerprint density at radius 2 is 1.61 bits per heavy atom. The van der Waals surface area contributed by atoms with Gasteiger partial charge >= 0.3 is 6.16 Å². The number of carbonyl (C=O) groups excluding carboxylic acids is 1. The molecule has 0 spiro atoms. The van der Waals surface area contributed by atoms with E-state index in [1.807, 2.05) is 78.3 Å². The Labute approximate surface area is 268 Å². The lowest BCUT2D eigenvalue weighted by atomic mass is 10.0. The largest absolute Gasteiger partial charge is 0.514 e. The third-order valence-electron chi connectivity index (χ3n) is 7.14. The van der Waals surface area contributed by atoms with Gasteiger partial charge in [0.2, 0.25) is 5.43 Å². The lowest BCUT2D eigenvalue weighted by Gasteiger charge is -2.19. The van der Waals surface area contributed by atoms with Crippen molar-refractivity contribution in [2.45, 2.75) is 26.6 Å². The van der Waals surface area contributed by atoms with Crippen molar-refractivity contribution in [2.75, 3.05) is 27.9 Å². The van der Waals surface area contributed by atoms with E-state index in [1.165, 1.54) is 11.3 Å². The molecular weight excluding hydrogens is 644 g/mol. The first-order valence-electron chi connectivity index (χ1n) is 14.0. The number of methoxy groups -OCH3 is 2. The number of fused-ring (bicyclic) bond motifs is 1. The fourth-order valence-corrected chi connectivity index (χ4v) is 6.78. The van der Waals surface area contributed by atoms with Gasteiger partial charge in [-0.1, -0.05) is 52.3 Å². The van der Waals surface area contributed by atoms with E-state index in [2.05, 4.69) is 26.9 Å². The zero-order valence-electron chi connectivity index (χ0n) is 25.0. The molecule has 0 unspecified atom stereocenters. The second-order valence-corrected chi connectivity index (χ2v) is 12.0. The molecular formula is C34H33BrN2O6S.